The van der Waals surface area contributed by atoms with Crippen LogP contribution in [0.25, 0.3) is 0 Å². The summed E-state index contributed by atoms with van der Waals surface area (Å²) in [7, 11) is 0. The van der Waals surface area contributed by atoms with E-state index in [2.05, 4.69) is 44.1 Å². The Hall–Kier alpha value is -0.890. The molecule has 0 saturated heterocycles. The molecule has 1 atom stereocenters. The zero-order valence-electron chi connectivity index (χ0n) is 10.2. The maximum atomic E-state index is 4.12. The molecule has 0 spiro atoms. The first-order valence-corrected chi connectivity index (χ1v) is 5.62. The summed E-state index contributed by atoms with van der Waals surface area (Å²) in [6.45, 7) is 10.0. The van der Waals surface area contributed by atoms with E-state index in [0.29, 0.717) is 11.5 Å². The Balaban J connectivity index is 2.34. The van der Waals surface area contributed by atoms with E-state index in [1.165, 1.54) is 12.0 Å². The molecule has 1 unspecified atom stereocenters. The number of rotatable bonds is 4. The van der Waals surface area contributed by atoms with Gasteiger partial charge in [0.05, 0.1) is 0 Å². The van der Waals surface area contributed by atoms with Crippen molar-refractivity contribution in [2.24, 2.45) is 5.41 Å². The van der Waals surface area contributed by atoms with E-state index in [9.17, 15) is 0 Å². The van der Waals surface area contributed by atoms with Gasteiger partial charge in [-0.15, -0.1) is 0 Å². The van der Waals surface area contributed by atoms with E-state index in [1.54, 1.807) is 0 Å². The van der Waals surface area contributed by atoms with Gasteiger partial charge in [-0.1, -0.05) is 26.8 Å². The van der Waals surface area contributed by atoms with Gasteiger partial charge in [0.2, 0.25) is 0 Å². The Labute approximate surface area is 93.1 Å². The van der Waals surface area contributed by atoms with Crippen LogP contribution >= 0.6 is 0 Å². The summed E-state index contributed by atoms with van der Waals surface area (Å²) in [6, 6.07) is 4.49. The lowest BCUT2D eigenvalue weighted by atomic mass is 9.92. The average Bonchev–Trinajstić information content (AvgIpc) is 2.17. The van der Waals surface area contributed by atoms with Gasteiger partial charge in [0.15, 0.2) is 0 Å². The molecule has 0 aliphatic rings. The minimum atomic E-state index is 0.390. The average molecular weight is 206 g/mol. The predicted molar refractivity (Wildman–Crippen MR) is 64.7 cm³/mol. The molecule has 1 heterocycles. The Morgan fingerprint density at radius 1 is 1.40 bits per heavy atom. The van der Waals surface area contributed by atoms with E-state index in [-0.39, 0.29) is 0 Å². The molecule has 84 valence electrons. The van der Waals surface area contributed by atoms with Crippen molar-refractivity contribution < 1.29 is 0 Å². The fourth-order valence-electron chi connectivity index (χ4n) is 1.41. The molecule has 0 amide bonds. The lowest BCUT2D eigenvalue weighted by molar-refractivity contribution is 0.358. The van der Waals surface area contributed by atoms with Gasteiger partial charge in [0, 0.05) is 18.4 Å². The standard InChI is InChI=1S/C13H22N2/c1-11(12-6-5-8-14-10-12)15-9-7-13(2,3)4/h5-6,8,10-11,15H,7,9H2,1-4H3. The molecule has 1 N–H and O–H groups in total. The van der Waals surface area contributed by atoms with E-state index >= 15 is 0 Å². The zero-order valence-corrected chi connectivity index (χ0v) is 10.2. The number of pyridine rings is 1. The number of nitrogens with zero attached hydrogens (tertiary/aromatic N) is 1. The lowest BCUT2D eigenvalue weighted by Crippen LogP contribution is -2.23. The molecule has 1 aromatic rings. The van der Waals surface area contributed by atoms with Crippen molar-refractivity contribution in [1.29, 1.82) is 0 Å². The SMILES string of the molecule is CC(NCCC(C)(C)C)c1cccnc1. The molecule has 0 aromatic carbocycles. The molecule has 0 aliphatic carbocycles. The molecular formula is C13H22N2. The van der Waals surface area contributed by atoms with Crippen molar-refractivity contribution in [2.45, 2.75) is 40.2 Å². The molecule has 0 fully saturated rings. The predicted octanol–water partition coefficient (Wildman–Crippen LogP) is 3.17. The van der Waals surface area contributed by atoms with Crippen molar-refractivity contribution in [3.8, 4) is 0 Å². The van der Waals surface area contributed by atoms with Crippen LogP contribution in [0.15, 0.2) is 24.5 Å². The van der Waals surface area contributed by atoms with Crippen molar-refractivity contribution in [2.75, 3.05) is 6.54 Å². The third kappa shape index (κ3) is 4.93. The van der Waals surface area contributed by atoms with Gasteiger partial charge >= 0.3 is 0 Å². The zero-order chi connectivity index (χ0) is 11.3. The van der Waals surface area contributed by atoms with Gasteiger partial charge < -0.3 is 5.32 Å². The molecule has 1 rings (SSSR count). The van der Waals surface area contributed by atoms with Crippen molar-refractivity contribution in [3.63, 3.8) is 0 Å². The van der Waals surface area contributed by atoms with Gasteiger partial charge in [-0.2, -0.15) is 0 Å². The highest BCUT2D eigenvalue weighted by Gasteiger charge is 2.10. The maximum absolute atomic E-state index is 4.12. The van der Waals surface area contributed by atoms with Crippen LogP contribution in [0, 0.1) is 5.41 Å². The molecule has 0 aliphatic heterocycles. The largest absolute Gasteiger partial charge is 0.310 e. The normalized spacial score (nSPS) is 13.9. The Morgan fingerprint density at radius 2 is 2.13 bits per heavy atom. The van der Waals surface area contributed by atoms with Crippen molar-refractivity contribution >= 4 is 0 Å². The fourth-order valence-corrected chi connectivity index (χ4v) is 1.41. The van der Waals surface area contributed by atoms with Crippen LogP contribution in [0.5, 0.6) is 0 Å². The lowest BCUT2D eigenvalue weighted by Gasteiger charge is -2.20. The van der Waals surface area contributed by atoms with Gasteiger partial charge in [0.25, 0.3) is 0 Å². The quantitative estimate of drug-likeness (QED) is 0.818. The molecule has 0 bridgehead atoms. The third-order valence-corrected chi connectivity index (χ3v) is 2.51. The van der Waals surface area contributed by atoms with Crippen LogP contribution in [0.4, 0.5) is 0 Å². The monoisotopic (exact) mass is 206 g/mol. The Kier molecular flexibility index (Phi) is 4.28. The molecule has 2 nitrogen and oxygen atoms in total. The van der Waals surface area contributed by atoms with Crippen LogP contribution in [0.1, 0.15) is 45.7 Å². The maximum Gasteiger partial charge on any atom is 0.0315 e. The Bertz CT molecular complexity index is 274. The van der Waals surface area contributed by atoms with E-state index < -0.39 is 0 Å². The Morgan fingerprint density at radius 3 is 2.67 bits per heavy atom. The minimum absolute atomic E-state index is 0.390. The second-order valence-corrected chi connectivity index (χ2v) is 5.27. The number of aromatic nitrogens is 1. The highest BCUT2D eigenvalue weighted by Crippen LogP contribution is 2.18. The fraction of sp³-hybridized carbons (Fsp3) is 0.615. The minimum Gasteiger partial charge on any atom is -0.310 e. The smallest absolute Gasteiger partial charge is 0.0315 e. The number of nitrogens with one attached hydrogen (secondary N) is 1. The van der Waals surface area contributed by atoms with E-state index in [0.717, 1.165) is 6.54 Å². The summed E-state index contributed by atoms with van der Waals surface area (Å²) in [6.07, 6.45) is 4.93. The van der Waals surface area contributed by atoms with Crippen molar-refractivity contribution in [1.82, 2.24) is 10.3 Å². The van der Waals surface area contributed by atoms with Crippen LogP contribution in [0.2, 0.25) is 0 Å². The van der Waals surface area contributed by atoms with Crippen LogP contribution in [-0.4, -0.2) is 11.5 Å². The summed E-state index contributed by atoms with van der Waals surface area (Å²) in [5.74, 6) is 0. The van der Waals surface area contributed by atoms with E-state index in [4.69, 9.17) is 0 Å². The first-order chi connectivity index (χ1) is 6.99. The molecule has 0 radical (unpaired) electrons. The summed E-state index contributed by atoms with van der Waals surface area (Å²) < 4.78 is 0. The molecule has 2 heteroatoms. The second kappa shape index (κ2) is 5.26. The number of hydrogen-bond donors (Lipinski definition) is 1. The second-order valence-electron chi connectivity index (χ2n) is 5.27. The summed E-state index contributed by atoms with van der Waals surface area (Å²) in [5, 5.41) is 3.52. The van der Waals surface area contributed by atoms with Crippen molar-refractivity contribution in [3.05, 3.63) is 30.1 Å². The third-order valence-electron chi connectivity index (χ3n) is 2.51. The summed E-state index contributed by atoms with van der Waals surface area (Å²) in [4.78, 5) is 4.12. The summed E-state index contributed by atoms with van der Waals surface area (Å²) >= 11 is 0. The number of hydrogen-bond acceptors (Lipinski definition) is 2. The van der Waals surface area contributed by atoms with Gasteiger partial charge in [0.1, 0.15) is 0 Å². The van der Waals surface area contributed by atoms with Crippen LogP contribution in [0.3, 0.4) is 0 Å². The van der Waals surface area contributed by atoms with Crippen LogP contribution in [-0.2, 0) is 0 Å². The van der Waals surface area contributed by atoms with Gasteiger partial charge in [-0.25, -0.2) is 0 Å². The molecule has 1 aromatic heterocycles. The first-order valence-electron chi connectivity index (χ1n) is 5.62. The topological polar surface area (TPSA) is 24.9 Å². The molecular weight excluding hydrogens is 184 g/mol. The van der Waals surface area contributed by atoms with Crippen LogP contribution < -0.4 is 5.32 Å². The molecule has 0 saturated carbocycles. The molecule has 15 heavy (non-hydrogen) atoms. The summed E-state index contributed by atoms with van der Waals surface area (Å²) in [5.41, 5.74) is 1.66. The van der Waals surface area contributed by atoms with Gasteiger partial charge in [-0.05, 0) is 36.9 Å². The highest BCUT2D eigenvalue weighted by molar-refractivity contribution is 5.12. The van der Waals surface area contributed by atoms with E-state index in [1.807, 2.05) is 18.5 Å². The van der Waals surface area contributed by atoms with Gasteiger partial charge in [-0.3, -0.25) is 4.98 Å². The first kappa shape index (κ1) is 12.2. The highest BCUT2D eigenvalue weighted by atomic mass is 14.9.